The lowest BCUT2D eigenvalue weighted by atomic mass is 10.1. The summed E-state index contributed by atoms with van der Waals surface area (Å²) < 4.78 is 0. The highest BCUT2D eigenvalue weighted by atomic mass is 16.3. The molecule has 0 spiro atoms. The van der Waals surface area contributed by atoms with Gasteiger partial charge in [0, 0.05) is 30.4 Å². The van der Waals surface area contributed by atoms with Crippen molar-refractivity contribution in [1.29, 1.82) is 0 Å². The summed E-state index contributed by atoms with van der Waals surface area (Å²) in [6.45, 7) is 2.40. The van der Waals surface area contributed by atoms with Gasteiger partial charge in [0.1, 0.15) is 11.5 Å². The Morgan fingerprint density at radius 3 is 2.25 bits per heavy atom. The molecule has 2 aromatic carbocycles. The first kappa shape index (κ1) is 13.7. The smallest absolute Gasteiger partial charge is 0.319 e. The molecule has 0 aliphatic rings. The number of phenols is 2. The molecule has 20 heavy (non-hydrogen) atoms. The molecule has 5 nitrogen and oxygen atoms in total. The van der Waals surface area contributed by atoms with Gasteiger partial charge in [0.15, 0.2) is 0 Å². The first-order valence-electron chi connectivity index (χ1n) is 6.16. The third kappa shape index (κ3) is 3.91. The van der Waals surface area contributed by atoms with Gasteiger partial charge in [-0.2, -0.15) is 0 Å². The Hall–Kier alpha value is -2.69. The van der Waals surface area contributed by atoms with Crippen LogP contribution >= 0.6 is 0 Å². The fourth-order valence-electron chi connectivity index (χ4n) is 1.73. The highest BCUT2D eigenvalue weighted by Crippen LogP contribution is 2.23. The average molecular weight is 272 g/mol. The number of aryl methyl sites for hydroxylation is 1. The molecular formula is C15H16N2O3. The van der Waals surface area contributed by atoms with E-state index in [2.05, 4.69) is 10.6 Å². The SMILES string of the molecule is Cc1ccc(CNC(=O)Nc2cc(O)cc(O)c2)cc1. The van der Waals surface area contributed by atoms with Crippen LogP contribution < -0.4 is 10.6 Å². The molecule has 0 saturated heterocycles. The summed E-state index contributed by atoms with van der Waals surface area (Å²) >= 11 is 0. The predicted molar refractivity (Wildman–Crippen MR) is 76.8 cm³/mol. The molecular weight excluding hydrogens is 256 g/mol. The van der Waals surface area contributed by atoms with Crippen LogP contribution in [0, 0.1) is 6.92 Å². The lowest BCUT2D eigenvalue weighted by molar-refractivity contribution is 0.251. The van der Waals surface area contributed by atoms with Crippen LogP contribution in [0.4, 0.5) is 10.5 Å². The van der Waals surface area contributed by atoms with Crippen LogP contribution in [0.1, 0.15) is 11.1 Å². The van der Waals surface area contributed by atoms with Gasteiger partial charge in [-0.15, -0.1) is 0 Å². The Labute approximate surface area is 116 Å². The van der Waals surface area contributed by atoms with Gasteiger partial charge in [-0.3, -0.25) is 0 Å². The standard InChI is InChI=1S/C15H16N2O3/c1-10-2-4-11(5-3-10)9-16-15(20)17-12-6-13(18)8-14(19)7-12/h2-8,18-19H,9H2,1H3,(H2,16,17,20). The number of hydrogen-bond donors (Lipinski definition) is 4. The van der Waals surface area contributed by atoms with Gasteiger partial charge in [0.25, 0.3) is 0 Å². The first-order valence-corrected chi connectivity index (χ1v) is 6.16. The van der Waals surface area contributed by atoms with Crippen LogP contribution in [-0.4, -0.2) is 16.2 Å². The van der Waals surface area contributed by atoms with Crippen molar-refractivity contribution in [2.75, 3.05) is 5.32 Å². The quantitative estimate of drug-likeness (QED) is 0.693. The molecule has 0 atom stereocenters. The predicted octanol–water partition coefficient (Wildman–Crippen LogP) is 2.73. The molecule has 0 unspecified atom stereocenters. The van der Waals surface area contributed by atoms with Crippen LogP contribution in [-0.2, 0) is 6.54 Å². The van der Waals surface area contributed by atoms with Crippen molar-refractivity contribution in [3.8, 4) is 11.5 Å². The number of urea groups is 1. The number of nitrogens with one attached hydrogen (secondary N) is 2. The van der Waals surface area contributed by atoms with Gasteiger partial charge in [-0.1, -0.05) is 29.8 Å². The second-order valence-electron chi connectivity index (χ2n) is 4.53. The summed E-state index contributed by atoms with van der Waals surface area (Å²) in [5.74, 6) is -0.224. The van der Waals surface area contributed by atoms with Crippen LogP contribution in [0.25, 0.3) is 0 Å². The van der Waals surface area contributed by atoms with Crippen molar-refractivity contribution in [2.45, 2.75) is 13.5 Å². The summed E-state index contributed by atoms with van der Waals surface area (Å²) in [7, 11) is 0. The minimum atomic E-state index is -0.407. The molecule has 104 valence electrons. The molecule has 0 fully saturated rings. The van der Waals surface area contributed by atoms with E-state index in [4.69, 9.17) is 0 Å². The normalized spacial score (nSPS) is 10.1. The van der Waals surface area contributed by atoms with Crippen LogP contribution in [0.5, 0.6) is 11.5 Å². The van der Waals surface area contributed by atoms with Crippen molar-refractivity contribution in [3.63, 3.8) is 0 Å². The molecule has 0 bridgehead atoms. The van der Waals surface area contributed by atoms with Crippen LogP contribution in [0.3, 0.4) is 0 Å². The number of phenolic OH excluding ortho intramolecular Hbond substituents is 2. The van der Waals surface area contributed by atoms with Crippen molar-refractivity contribution in [3.05, 3.63) is 53.6 Å². The third-order valence-electron chi connectivity index (χ3n) is 2.73. The van der Waals surface area contributed by atoms with Crippen LogP contribution in [0.15, 0.2) is 42.5 Å². The van der Waals surface area contributed by atoms with E-state index in [1.165, 1.54) is 18.2 Å². The molecule has 2 aromatic rings. The number of carbonyl (C=O) groups excluding carboxylic acids is 1. The number of rotatable bonds is 3. The van der Waals surface area contributed by atoms with E-state index in [0.717, 1.165) is 11.1 Å². The third-order valence-corrected chi connectivity index (χ3v) is 2.73. The van der Waals surface area contributed by atoms with Crippen molar-refractivity contribution in [1.82, 2.24) is 5.32 Å². The van der Waals surface area contributed by atoms with Crippen molar-refractivity contribution >= 4 is 11.7 Å². The molecule has 0 saturated carbocycles. The van der Waals surface area contributed by atoms with E-state index < -0.39 is 6.03 Å². The second kappa shape index (κ2) is 5.97. The zero-order valence-electron chi connectivity index (χ0n) is 11.1. The lowest BCUT2D eigenvalue weighted by Crippen LogP contribution is -2.28. The molecule has 0 aliphatic carbocycles. The molecule has 4 N–H and O–H groups in total. The number of aromatic hydroxyl groups is 2. The maximum Gasteiger partial charge on any atom is 0.319 e. The van der Waals surface area contributed by atoms with E-state index in [9.17, 15) is 15.0 Å². The fourth-order valence-corrected chi connectivity index (χ4v) is 1.73. The molecule has 0 radical (unpaired) electrons. The Morgan fingerprint density at radius 2 is 1.65 bits per heavy atom. The molecule has 5 heteroatoms. The topological polar surface area (TPSA) is 81.6 Å². The molecule has 0 aromatic heterocycles. The zero-order valence-corrected chi connectivity index (χ0v) is 11.1. The van der Waals surface area contributed by atoms with Gasteiger partial charge in [0.2, 0.25) is 0 Å². The fraction of sp³-hybridized carbons (Fsp3) is 0.133. The Balaban J connectivity index is 1.90. The first-order chi connectivity index (χ1) is 9.52. The van der Waals surface area contributed by atoms with Gasteiger partial charge in [0.05, 0.1) is 0 Å². The number of hydrogen-bond acceptors (Lipinski definition) is 3. The highest BCUT2D eigenvalue weighted by Gasteiger charge is 2.04. The molecule has 0 aliphatic heterocycles. The number of anilines is 1. The van der Waals surface area contributed by atoms with Crippen molar-refractivity contribution in [2.24, 2.45) is 0 Å². The number of carbonyl (C=O) groups is 1. The minimum Gasteiger partial charge on any atom is -0.508 e. The monoisotopic (exact) mass is 272 g/mol. The maximum absolute atomic E-state index is 11.7. The summed E-state index contributed by atoms with van der Waals surface area (Å²) in [6.07, 6.45) is 0. The number of amides is 2. The largest absolute Gasteiger partial charge is 0.508 e. The molecule has 0 heterocycles. The summed E-state index contributed by atoms with van der Waals surface area (Å²) in [5, 5.41) is 23.8. The van der Waals surface area contributed by atoms with Gasteiger partial charge >= 0.3 is 6.03 Å². The maximum atomic E-state index is 11.7. The van der Waals surface area contributed by atoms with E-state index >= 15 is 0 Å². The summed E-state index contributed by atoms with van der Waals surface area (Å²) in [5.41, 5.74) is 2.47. The molecule has 2 amide bonds. The van der Waals surface area contributed by atoms with Crippen molar-refractivity contribution < 1.29 is 15.0 Å². The lowest BCUT2D eigenvalue weighted by Gasteiger charge is -2.08. The van der Waals surface area contributed by atoms with Gasteiger partial charge < -0.3 is 20.8 Å². The highest BCUT2D eigenvalue weighted by molar-refractivity contribution is 5.89. The zero-order chi connectivity index (χ0) is 14.5. The Kier molecular flexibility index (Phi) is 4.10. The van der Waals surface area contributed by atoms with E-state index in [1.807, 2.05) is 31.2 Å². The average Bonchev–Trinajstić information content (AvgIpc) is 2.37. The Bertz CT molecular complexity index is 589. The Morgan fingerprint density at radius 1 is 1.05 bits per heavy atom. The number of benzene rings is 2. The minimum absolute atomic E-state index is 0.112. The van der Waals surface area contributed by atoms with Gasteiger partial charge in [-0.25, -0.2) is 4.79 Å². The van der Waals surface area contributed by atoms with E-state index in [1.54, 1.807) is 0 Å². The van der Waals surface area contributed by atoms with Crippen LogP contribution in [0.2, 0.25) is 0 Å². The van der Waals surface area contributed by atoms with E-state index in [0.29, 0.717) is 12.2 Å². The summed E-state index contributed by atoms with van der Waals surface area (Å²) in [4.78, 5) is 11.7. The van der Waals surface area contributed by atoms with E-state index in [-0.39, 0.29) is 11.5 Å². The molecule has 2 rings (SSSR count). The van der Waals surface area contributed by atoms with Gasteiger partial charge in [-0.05, 0) is 12.5 Å². The second-order valence-corrected chi connectivity index (χ2v) is 4.53. The summed E-state index contributed by atoms with van der Waals surface area (Å²) in [6, 6.07) is 11.3.